The third-order valence-electron chi connectivity index (χ3n) is 4.71. The fraction of sp³-hybridized carbons (Fsp3) is 0.350. The van der Waals surface area contributed by atoms with Crippen molar-refractivity contribution in [2.45, 2.75) is 32.0 Å². The maximum Gasteiger partial charge on any atom is 0.258 e. The average molecular weight is 402 g/mol. The molecule has 1 fully saturated rings. The van der Waals surface area contributed by atoms with Crippen molar-refractivity contribution in [1.82, 2.24) is 4.90 Å². The SMILES string of the molecule is O=C1c2c(cccc2OCC2CCCO2)CN1Cc1ccc(Br)cc1. The zero-order chi connectivity index (χ0) is 17.2. The minimum absolute atomic E-state index is 0.0425. The van der Waals surface area contributed by atoms with Gasteiger partial charge in [0, 0.05) is 24.2 Å². The Morgan fingerprint density at radius 1 is 1.20 bits per heavy atom. The van der Waals surface area contributed by atoms with E-state index in [0.29, 0.717) is 31.0 Å². The van der Waals surface area contributed by atoms with E-state index in [2.05, 4.69) is 15.9 Å². The van der Waals surface area contributed by atoms with Crippen LogP contribution in [0.25, 0.3) is 0 Å². The molecule has 1 saturated heterocycles. The highest BCUT2D eigenvalue weighted by molar-refractivity contribution is 9.10. The lowest BCUT2D eigenvalue weighted by Gasteiger charge is -2.16. The van der Waals surface area contributed by atoms with Crippen molar-refractivity contribution < 1.29 is 14.3 Å². The van der Waals surface area contributed by atoms with Crippen molar-refractivity contribution in [2.24, 2.45) is 0 Å². The third-order valence-corrected chi connectivity index (χ3v) is 5.24. The number of carbonyl (C=O) groups is 1. The second-order valence-corrected chi connectivity index (χ2v) is 7.44. The molecule has 2 heterocycles. The summed E-state index contributed by atoms with van der Waals surface area (Å²) in [6.45, 7) is 2.55. The van der Waals surface area contributed by atoms with E-state index in [4.69, 9.17) is 9.47 Å². The van der Waals surface area contributed by atoms with Crippen LogP contribution < -0.4 is 4.74 Å². The molecule has 4 nitrogen and oxygen atoms in total. The molecule has 1 unspecified atom stereocenters. The molecule has 2 aromatic carbocycles. The lowest BCUT2D eigenvalue weighted by atomic mass is 10.1. The number of rotatable bonds is 5. The molecule has 25 heavy (non-hydrogen) atoms. The number of fused-ring (bicyclic) bond motifs is 1. The summed E-state index contributed by atoms with van der Waals surface area (Å²) in [5, 5.41) is 0. The predicted molar refractivity (Wildman–Crippen MR) is 98.6 cm³/mol. The van der Waals surface area contributed by atoms with Gasteiger partial charge in [0.25, 0.3) is 5.91 Å². The number of benzene rings is 2. The van der Waals surface area contributed by atoms with Crippen LogP contribution in [0.3, 0.4) is 0 Å². The molecule has 0 spiro atoms. The van der Waals surface area contributed by atoms with Gasteiger partial charge < -0.3 is 14.4 Å². The van der Waals surface area contributed by atoms with Crippen molar-refractivity contribution in [1.29, 1.82) is 0 Å². The summed E-state index contributed by atoms with van der Waals surface area (Å²) in [6.07, 6.45) is 2.26. The van der Waals surface area contributed by atoms with E-state index < -0.39 is 0 Å². The number of nitrogens with zero attached hydrogens (tertiary/aromatic N) is 1. The quantitative estimate of drug-likeness (QED) is 0.754. The summed E-state index contributed by atoms with van der Waals surface area (Å²) in [5.41, 5.74) is 2.86. The first-order valence-corrected chi connectivity index (χ1v) is 9.40. The van der Waals surface area contributed by atoms with Gasteiger partial charge in [-0.2, -0.15) is 0 Å². The number of hydrogen-bond acceptors (Lipinski definition) is 3. The van der Waals surface area contributed by atoms with Crippen LogP contribution in [-0.2, 0) is 17.8 Å². The molecular weight excluding hydrogens is 382 g/mol. The van der Waals surface area contributed by atoms with E-state index in [-0.39, 0.29) is 12.0 Å². The fourth-order valence-corrected chi connectivity index (χ4v) is 3.67. The molecule has 130 valence electrons. The van der Waals surface area contributed by atoms with E-state index in [1.165, 1.54) is 0 Å². The summed E-state index contributed by atoms with van der Waals surface area (Å²) in [5.74, 6) is 0.720. The normalized spacial score (nSPS) is 19.3. The number of halogens is 1. The number of hydrogen-bond donors (Lipinski definition) is 0. The second kappa shape index (κ2) is 7.18. The van der Waals surface area contributed by atoms with Crippen molar-refractivity contribution in [3.05, 3.63) is 63.6 Å². The Morgan fingerprint density at radius 2 is 2.04 bits per heavy atom. The van der Waals surface area contributed by atoms with E-state index in [1.807, 2.05) is 47.4 Å². The summed E-state index contributed by atoms with van der Waals surface area (Å²) in [7, 11) is 0. The molecule has 0 radical (unpaired) electrons. The van der Waals surface area contributed by atoms with Crippen LogP contribution in [0, 0.1) is 0 Å². The Hall–Kier alpha value is -1.85. The molecule has 0 bridgehead atoms. The molecule has 2 aromatic rings. The van der Waals surface area contributed by atoms with Crippen LogP contribution in [0.1, 0.15) is 34.3 Å². The van der Waals surface area contributed by atoms with Crippen LogP contribution in [-0.4, -0.2) is 30.1 Å². The summed E-state index contributed by atoms with van der Waals surface area (Å²) in [6, 6.07) is 13.9. The highest BCUT2D eigenvalue weighted by atomic mass is 79.9. The van der Waals surface area contributed by atoms with Gasteiger partial charge >= 0.3 is 0 Å². The maximum absolute atomic E-state index is 12.9. The first-order valence-electron chi connectivity index (χ1n) is 8.61. The van der Waals surface area contributed by atoms with Crippen LogP contribution >= 0.6 is 15.9 Å². The summed E-state index contributed by atoms with van der Waals surface area (Å²) < 4.78 is 12.6. The number of amides is 1. The molecule has 0 aliphatic carbocycles. The molecule has 2 aliphatic rings. The monoisotopic (exact) mass is 401 g/mol. The smallest absolute Gasteiger partial charge is 0.258 e. The van der Waals surface area contributed by atoms with Crippen LogP contribution in [0.15, 0.2) is 46.9 Å². The van der Waals surface area contributed by atoms with Gasteiger partial charge in [-0.25, -0.2) is 0 Å². The van der Waals surface area contributed by atoms with Gasteiger partial charge in [0.2, 0.25) is 0 Å². The maximum atomic E-state index is 12.9. The van der Waals surface area contributed by atoms with E-state index in [9.17, 15) is 4.79 Å². The minimum atomic E-state index is 0.0425. The van der Waals surface area contributed by atoms with Crippen molar-refractivity contribution in [2.75, 3.05) is 13.2 Å². The van der Waals surface area contributed by atoms with Gasteiger partial charge in [0.1, 0.15) is 12.4 Å². The molecule has 1 amide bonds. The summed E-state index contributed by atoms with van der Waals surface area (Å²) in [4.78, 5) is 14.8. The molecule has 0 aromatic heterocycles. The van der Waals surface area contributed by atoms with Crippen LogP contribution in [0.4, 0.5) is 0 Å². The van der Waals surface area contributed by atoms with Gasteiger partial charge in [-0.15, -0.1) is 0 Å². The molecule has 4 rings (SSSR count). The molecule has 0 N–H and O–H groups in total. The van der Waals surface area contributed by atoms with Crippen LogP contribution in [0.5, 0.6) is 5.75 Å². The molecule has 5 heteroatoms. The zero-order valence-corrected chi connectivity index (χ0v) is 15.5. The van der Waals surface area contributed by atoms with Gasteiger partial charge in [-0.1, -0.05) is 40.2 Å². The topological polar surface area (TPSA) is 38.8 Å². The number of ether oxygens (including phenoxy) is 2. The highest BCUT2D eigenvalue weighted by Gasteiger charge is 2.31. The zero-order valence-electron chi connectivity index (χ0n) is 13.9. The van der Waals surface area contributed by atoms with E-state index >= 15 is 0 Å². The predicted octanol–water partition coefficient (Wildman–Crippen LogP) is 4.16. The summed E-state index contributed by atoms with van der Waals surface area (Å²) >= 11 is 3.44. The largest absolute Gasteiger partial charge is 0.490 e. The number of carbonyl (C=O) groups excluding carboxylic acids is 1. The lowest BCUT2D eigenvalue weighted by molar-refractivity contribution is 0.0659. The Labute approximate surface area is 155 Å². The molecule has 1 atom stereocenters. The molecule has 0 saturated carbocycles. The van der Waals surface area contributed by atoms with Gasteiger partial charge in [-0.3, -0.25) is 4.79 Å². The first-order chi connectivity index (χ1) is 12.2. The Morgan fingerprint density at radius 3 is 2.80 bits per heavy atom. The Balaban J connectivity index is 1.48. The molecule has 2 aliphatic heterocycles. The Bertz CT molecular complexity index is 769. The van der Waals surface area contributed by atoms with Crippen molar-refractivity contribution in [3.63, 3.8) is 0 Å². The van der Waals surface area contributed by atoms with Crippen molar-refractivity contribution in [3.8, 4) is 5.75 Å². The third kappa shape index (κ3) is 3.58. The van der Waals surface area contributed by atoms with Crippen LogP contribution in [0.2, 0.25) is 0 Å². The molecular formula is C20H20BrNO3. The lowest BCUT2D eigenvalue weighted by Crippen LogP contribution is -2.24. The second-order valence-electron chi connectivity index (χ2n) is 6.52. The average Bonchev–Trinajstić information content (AvgIpc) is 3.24. The van der Waals surface area contributed by atoms with Gasteiger partial charge in [-0.05, 0) is 42.2 Å². The van der Waals surface area contributed by atoms with E-state index in [1.54, 1.807) is 0 Å². The van der Waals surface area contributed by atoms with E-state index in [0.717, 1.165) is 35.0 Å². The van der Waals surface area contributed by atoms with Gasteiger partial charge in [0.15, 0.2) is 0 Å². The highest BCUT2D eigenvalue weighted by Crippen LogP contribution is 2.32. The standard InChI is InChI=1S/C20H20BrNO3/c21-16-8-6-14(7-9-16)11-22-12-15-3-1-5-18(19(15)20(22)23)25-13-17-4-2-10-24-17/h1,3,5-9,17H,2,4,10-13H2. The minimum Gasteiger partial charge on any atom is -0.490 e. The Kier molecular flexibility index (Phi) is 4.77. The van der Waals surface area contributed by atoms with Gasteiger partial charge in [0.05, 0.1) is 11.7 Å². The van der Waals surface area contributed by atoms with Crippen molar-refractivity contribution >= 4 is 21.8 Å². The fourth-order valence-electron chi connectivity index (χ4n) is 3.40. The first kappa shape index (κ1) is 16.6.